The number of nitrogens with one attached hydrogen (secondary N) is 2. The van der Waals surface area contributed by atoms with Crippen molar-refractivity contribution >= 4 is 28.7 Å². The summed E-state index contributed by atoms with van der Waals surface area (Å²) in [6.07, 6.45) is 8.71. The average molecular weight is 428 g/mol. The Morgan fingerprint density at radius 1 is 0.968 bits per heavy atom. The fourth-order valence-corrected chi connectivity index (χ4v) is 4.69. The van der Waals surface area contributed by atoms with E-state index in [9.17, 15) is 13.9 Å². The summed E-state index contributed by atoms with van der Waals surface area (Å²) >= 11 is 0. The summed E-state index contributed by atoms with van der Waals surface area (Å²) in [5.74, 6) is -0.507. The van der Waals surface area contributed by atoms with E-state index < -0.39 is 11.6 Å². The van der Waals surface area contributed by atoms with Gasteiger partial charge in [0.05, 0.1) is 12.3 Å². The molecule has 0 aliphatic heterocycles. The first-order chi connectivity index (χ1) is 15.1. The number of halogens is 2. The number of aliphatic hydroxyl groups excluding tert-OH is 1. The highest BCUT2D eigenvalue weighted by Crippen LogP contribution is 2.35. The maximum atomic E-state index is 14.3. The molecule has 0 spiro atoms. The van der Waals surface area contributed by atoms with Gasteiger partial charge in [0.25, 0.3) is 0 Å². The molecule has 2 fully saturated rings. The number of aromatic nitrogens is 4. The summed E-state index contributed by atoms with van der Waals surface area (Å²) in [6, 6.07) is 4.12. The van der Waals surface area contributed by atoms with Crippen LogP contribution in [0.4, 0.5) is 26.4 Å². The van der Waals surface area contributed by atoms with Gasteiger partial charge in [0.2, 0.25) is 11.9 Å². The minimum Gasteiger partial charge on any atom is -0.393 e. The van der Waals surface area contributed by atoms with Gasteiger partial charge >= 0.3 is 0 Å². The molecule has 9 heteroatoms. The van der Waals surface area contributed by atoms with Crippen LogP contribution in [0.25, 0.3) is 11.2 Å². The topological polar surface area (TPSA) is 87.9 Å². The number of fused-ring (bicyclic) bond motifs is 1. The standard InChI is InChI=1S/C22H26F2N6O/c23-16-6-3-7-17(24)19(16)28-22-27-18-12-25-21(26-13-4-1-2-5-13)29-20(18)30(22)14-8-10-15(31)11-9-14/h3,6-7,12-15,31H,1-2,4-5,8-11H2,(H,27,28)(H,25,26,29)/t14-,15+. The van der Waals surface area contributed by atoms with E-state index >= 15 is 0 Å². The Kier molecular flexibility index (Phi) is 5.43. The molecule has 0 atom stereocenters. The zero-order valence-electron chi connectivity index (χ0n) is 17.2. The van der Waals surface area contributed by atoms with Crippen LogP contribution in [0.1, 0.15) is 57.4 Å². The lowest BCUT2D eigenvalue weighted by Crippen LogP contribution is -2.22. The molecule has 2 heterocycles. The molecule has 5 rings (SSSR count). The quantitative estimate of drug-likeness (QED) is 0.547. The molecule has 3 aromatic rings. The molecular formula is C22H26F2N6O. The van der Waals surface area contributed by atoms with Crippen molar-refractivity contribution in [3.8, 4) is 0 Å². The molecule has 2 saturated carbocycles. The minimum absolute atomic E-state index is 0.0139. The zero-order chi connectivity index (χ0) is 21.4. The van der Waals surface area contributed by atoms with Crippen LogP contribution in [-0.4, -0.2) is 36.8 Å². The highest BCUT2D eigenvalue weighted by molar-refractivity contribution is 5.76. The third-order valence-corrected chi connectivity index (χ3v) is 6.35. The van der Waals surface area contributed by atoms with Gasteiger partial charge in [-0.1, -0.05) is 18.9 Å². The molecule has 0 saturated heterocycles. The molecule has 0 amide bonds. The van der Waals surface area contributed by atoms with Gasteiger partial charge in [-0.2, -0.15) is 4.98 Å². The van der Waals surface area contributed by atoms with Gasteiger partial charge in [0, 0.05) is 12.1 Å². The highest BCUT2D eigenvalue weighted by Gasteiger charge is 2.27. The summed E-state index contributed by atoms with van der Waals surface area (Å²) in [7, 11) is 0. The van der Waals surface area contributed by atoms with Gasteiger partial charge < -0.3 is 15.7 Å². The molecule has 0 radical (unpaired) electrons. The molecule has 2 aliphatic carbocycles. The smallest absolute Gasteiger partial charge is 0.224 e. The molecule has 2 aliphatic rings. The van der Waals surface area contributed by atoms with Crippen LogP contribution in [0.5, 0.6) is 0 Å². The second-order valence-electron chi connectivity index (χ2n) is 8.52. The zero-order valence-corrected chi connectivity index (χ0v) is 17.2. The van der Waals surface area contributed by atoms with Gasteiger partial charge in [-0.15, -0.1) is 0 Å². The molecule has 31 heavy (non-hydrogen) atoms. The first-order valence-corrected chi connectivity index (χ1v) is 11.0. The Bertz CT molecular complexity index is 1050. The van der Waals surface area contributed by atoms with Crippen molar-refractivity contribution in [3.63, 3.8) is 0 Å². The minimum atomic E-state index is -0.688. The summed E-state index contributed by atoms with van der Waals surface area (Å²) < 4.78 is 30.5. The van der Waals surface area contributed by atoms with E-state index in [2.05, 4.69) is 20.6 Å². The van der Waals surface area contributed by atoms with Crippen LogP contribution in [0.3, 0.4) is 0 Å². The molecule has 164 valence electrons. The third kappa shape index (κ3) is 4.06. The van der Waals surface area contributed by atoms with Crippen LogP contribution in [0.2, 0.25) is 0 Å². The van der Waals surface area contributed by atoms with Crippen LogP contribution >= 0.6 is 0 Å². The normalized spacial score (nSPS) is 22.2. The van der Waals surface area contributed by atoms with E-state index in [-0.39, 0.29) is 17.8 Å². The third-order valence-electron chi connectivity index (χ3n) is 6.35. The fraction of sp³-hybridized carbons (Fsp3) is 0.500. The first kappa shape index (κ1) is 20.1. The Balaban J connectivity index is 1.55. The van der Waals surface area contributed by atoms with Crippen molar-refractivity contribution in [2.24, 2.45) is 0 Å². The molecule has 1 aromatic carbocycles. The maximum Gasteiger partial charge on any atom is 0.224 e. The summed E-state index contributed by atoms with van der Waals surface area (Å²) in [6.45, 7) is 0. The average Bonchev–Trinajstić information content (AvgIpc) is 3.39. The predicted octanol–water partition coefficient (Wildman–Crippen LogP) is 4.68. The Hall–Kier alpha value is -2.81. The van der Waals surface area contributed by atoms with Crippen molar-refractivity contribution < 1.29 is 13.9 Å². The fourth-order valence-electron chi connectivity index (χ4n) is 4.69. The van der Waals surface area contributed by atoms with E-state index in [1.807, 2.05) is 4.57 Å². The van der Waals surface area contributed by atoms with E-state index in [1.165, 1.54) is 31.0 Å². The molecule has 7 nitrogen and oxygen atoms in total. The van der Waals surface area contributed by atoms with Gasteiger partial charge in [0.15, 0.2) is 5.65 Å². The molecule has 2 aromatic heterocycles. The van der Waals surface area contributed by atoms with Crippen molar-refractivity contribution in [1.29, 1.82) is 0 Å². The number of hydrogen-bond acceptors (Lipinski definition) is 6. The molecule has 3 N–H and O–H groups in total. The van der Waals surface area contributed by atoms with Gasteiger partial charge in [0.1, 0.15) is 22.8 Å². The second-order valence-corrected chi connectivity index (χ2v) is 8.52. The number of imidazole rings is 1. The number of hydrogen-bond donors (Lipinski definition) is 3. The summed E-state index contributed by atoms with van der Waals surface area (Å²) in [4.78, 5) is 13.7. The summed E-state index contributed by atoms with van der Waals surface area (Å²) in [5, 5.41) is 16.2. The number of aliphatic hydroxyl groups is 1. The lowest BCUT2D eigenvalue weighted by Gasteiger charge is -2.28. The monoisotopic (exact) mass is 428 g/mol. The van der Waals surface area contributed by atoms with E-state index in [1.54, 1.807) is 6.20 Å². The first-order valence-electron chi connectivity index (χ1n) is 11.0. The maximum absolute atomic E-state index is 14.3. The van der Waals surface area contributed by atoms with Crippen molar-refractivity contribution in [1.82, 2.24) is 19.5 Å². The highest BCUT2D eigenvalue weighted by atomic mass is 19.1. The SMILES string of the molecule is O[C@H]1CC[C@@H](n2c(Nc3c(F)cccc3F)nc3cnc(NC4CCCC4)nc32)CC1. The van der Waals surface area contributed by atoms with Crippen LogP contribution in [0, 0.1) is 11.6 Å². The number of rotatable bonds is 5. The Morgan fingerprint density at radius 3 is 2.39 bits per heavy atom. The summed E-state index contributed by atoms with van der Waals surface area (Å²) in [5.41, 5.74) is 0.936. The lowest BCUT2D eigenvalue weighted by atomic mass is 9.93. The van der Waals surface area contributed by atoms with E-state index in [4.69, 9.17) is 4.98 Å². The van der Waals surface area contributed by atoms with Crippen molar-refractivity contribution in [3.05, 3.63) is 36.0 Å². The second kappa shape index (κ2) is 8.37. The van der Waals surface area contributed by atoms with Crippen LogP contribution in [-0.2, 0) is 0 Å². The van der Waals surface area contributed by atoms with Gasteiger partial charge in [-0.3, -0.25) is 4.57 Å². The van der Waals surface area contributed by atoms with Crippen molar-refractivity contribution in [2.45, 2.75) is 69.6 Å². The number of anilines is 3. The number of para-hydroxylation sites is 1. The number of nitrogens with zero attached hydrogens (tertiary/aromatic N) is 4. The molecular weight excluding hydrogens is 402 g/mol. The van der Waals surface area contributed by atoms with Crippen molar-refractivity contribution in [2.75, 3.05) is 10.6 Å². The Morgan fingerprint density at radius 2 is 1.68 bits per heavy atom. The molecule has 0 bridgehead atoms. The van der Waals surface area contributed by atoms with Gasteiger partial charge in [-0.25, -0.2) is 18.7 Å². The molecule has 0 unspecified atom stereocenters. The van der Waals surface area contributed by atoms with Crippen LogP contribution < -0.4 is 10.6 Å². The Labute approximate surface area is 178 Å². The van der Waals surface area contributed by atoms with Gasteiger partial charge in [-0.05, 0) is 50.7 Å². The lowest BCUT2D eigenvalue weighted by molar-refractivity contribution is 0.112. The van der Waals surface area contributed by atoms with Crippen LogP contribution in [0.15, 0.2) is 24.4 Å². The van der Waals surface area contributed by atoms with E-state index in [0.717, 1.165) is 25.7 Å². The largest absolute Gasteiger partial charge is 0.393 e. The van der Waals surface area contributed by atoms with E-state index in [0.29, 0.717) is 41.9 Å². The predicted molar refractivity (Wildman–Crippen MR) is 114 cm³/mol. The number of benzene rings is 1.